The molecule has 0 aromatic carbocycles. The zero-order chi connectivity index (χ0) is 8.04. The van der Waals surface area contributed by atoms with Gasteiger partial charge in [-0.1, -0.05) is 19.8 Å². The highest BCUT2D eigenvalue weighted by Crippen LogP contribution is 2.51. The summed E-state index contributed by atoms with van der Waals surface area (Å²) >= 11 is 0. The van der Waals surface area contributed by atoms with E-state index in [1.807, 2.05) is 0 Å². The van der Waals surface area contributed by atoms with Gasteiger partial charge in [-0.05, 0) is 13.3 Å². The van der Waals surface area contributed by atoms with Gasteiger partial charge in [-0.25, -0.2) is 0 Å². The molecule has 0 unspecified atom stereocenters. The molecule has 0 spiro atoms. The summed E-state index contributed by atoms with van der Waals surface area (Å²) in [7, 11) is -0.453. The first-order valence-corrected chi connectivity index (χ1v) is 7.49. The third kappa shape index (κ3) is 5.23. The van der Waals surface area contributed by atoms with E-state index in [1.54, 1.807) is 0 Å². The molecule has 0 rings (SSSR count). The van der Waals surface area contributed by atoms with Gasteiger partial charge >= 0.3 is 0 Å². The molecule has 0 aliphatic carbocycles. The monoisotopic (exact) mass is 161 g/mol. The third-order valence-electron chi connectivity index (χ3n) is 2.22. The Morgan fingerprint density at radius 1 is 1.00 bits per heavy atom. The fourth-order valence-electron chi connectivity index (χ4n) is 0.948. The number of rotatable bonds is 5. The van der Waals surface area contributed by atoms with Crippen LogP contribution in [0.5, 0.6) is 0 Å². The lowest BCUT2D eigenvalue weighted by Crippen LogP contribution is -1.97. The first kappa shape index (κ1) is 10.4. The van der Waals surface area contributed by atoms with Crippen molar-refractivity contribution in [3.63, 3.8) is 0 Å². The molecule has 0 amide bonds. The van der Waals surface area contributed by atoms with E-state index in [-0.39, 0.29) is 0 Å². The van der Waals surface area contributed by atoms with Crippen molar-refractivity contribution in [1.82, 2.24) is 0 Å². The van der Waals surface area contributed by atoms with Crippen LogP contribution in [-0.2, 0) is 0 Å². The van der Waals surface area contributed by atoms with Gasteiger partial charge in [0.25, 0.3) is 0 Å². The van der Waals surface area contributed by atoms with Crippen LogP contribution in [0.1, 0.15) is 33.1 Å². The fourth-order valence-corrected chi connectivity index (χ4v) is 2.34. The fraction of sp³-hybridized carbons (Fsp3) is 1.00. The molecule has 0 fully saturated rings. The summed E-state index contributed by atoms with van der Waals surface area (Å²) in [5.74, 6) is 0. The third-order valence-corrected chi connectivity index (χ3v) is 5.46. The van der Waals surface area contributed by atoms with E-state index in [1.165, 1.54) is 31.6 Å². The predicted octanol–water partition coefficient (Wildman–Crippen LogP) is 3.47. The van der Waals surface area contributed by atoms with Crippen molar-refractivity contribution in [2.75, 3.05) is 25.7 Å². The van der Waals surface area contributed by atoms with Gasteiger partial charge < -0.3 is 0 Å². The Hall–Kier alpha value is 0.430. The lowest BCUT2D eigenvalue weighted by molar-refractivity contribution is 0.774. The highest BCUT2D eigenvalue weighted by Gasteiger charge is 2.20. The Balaban J connectivity index is 3.28. The summed E-state index contributed by atoms with van der Waals surface area (Å²) in [5, 5.41) is 0. The maximum atomic E-state index is 2.47. The minimum Gasteiger partial charge on any atom is -0.0654 e. The second-order valence-corrected chi connectivity index (χ2v) is 8.63. The van der Waals surface area contributed by atoms with Crippen molar-refractivity contribution in [3.8, 4) is 0 Å². The van der Waals surface area contributed by atoms with Crippen LogP contribution in [0.2, 0.25) is 0 Å². The highest BCUT2D eigenvalue weighted by atomic mass is 31.2. The van der Waals surface area contributed by atoms with Crippen LogP contribution in [0.15, 0.2) is 0 Å². The van der Waals surface area contributed by atoms with Crippen LogP contribution in [0.4, 0.5) is 0 Å². The average molecular weight is 161 g/mol. The number of hydrogen-bond acceptors (Lipinski definition) is 0. The molecule has 0 heterocycles. The molecule has 0 aromatic rings. The largest absolute Gasteiger partial charge is 0.0654 e. The van der Waals surface area contributed by atoms with Crippen LogP contribution in [-0.4, -0.2) is 25.7 Å². The molecule has 0 aromatic heterocycles. The molecule has 1 heteroatoms. The molecule has 0 atom stereocenters. The van der Waals surface area contributed by atoms with Gasteiger partial charge in [-0.15, -0.1) is 0 Å². The van der Waals surface area contributed by atoms with Crippen molar-refractivity contribution >= 4 is 7.26 Å². The molecule has 0 radical (unpaired) electrons. The van der Waals surface area contributed by atoms with Gasteiger partial charge in [0.1, 0.15) is 0 Å². The van der Waals surface area contributed by atoms with E-state index in [0.717, 1.165) is 0 Å². The first-order valence-electron chi connectivity index (χ1n) is 4.44. The predicted molar refractivity (Wildman–Crippen MR) is 53.7 cm³/mol. The van der Waals surface area contributed by atoms with Gasteiger partial charge in [-0.2, -0.15) is 0 Å². The van der Waals surface area contributed by atoms with Gasteiger partial charge in [0.05, 0.1) is 12.3 Å². The molecule has 10 heavy (non-hydrogen) atoms. The lowest BCUT2D eigenvalue weighted by atomic mass is 10.3. The molecule has 62 valence electrons. The SMILES string of the molecule is CCCCC[P+](C)(C)CC. The van der Waals surface area contributed by atoms with E-state index < -0.39 is 7.26 Å². The topological polar surface area (TPSA) is 0 Å². The Labute approximate surface area is 66.7 Å². The average Bonchev–Trinajstić information content (AvgIpc) is 1.89. The summed E-state index contributed by atoms with van der Waals surface area (Å²) in [5.41, 5.74) is 0. The highest BCUT2D eigenvalue weighted by molar-refractivity contribution is 7.74. The van der Waals surface area contributed by atoms with Gasteiger partial charge in [-0.3, -0.25) is 0 Å². The standard InChI is InChI=1S/C9H22P/c1-5-7-8-9-10(3,4)6-2/h5-9H2,1-4H3/q+1. The number of unbranched alkanes of at least 4 members (excludes halogenated alkanes) is 2. The first-order chi connectivity index (χ1) is 4.62. The Bertz CT molecular complexity index is 76.8. The Kier molecular flexibility index (Phi) is 5.35. The van der Waals surface area contributed by atoms with Crippen molar-refractivity contribution in [3.05, 3.63) is 0 Å². The van der Waals surface area contributed by atoms with Crippen LogP contribution >= 0.6 is 7.26 Å². The molecular formula is C9H22P+. The maximum Gasteiger partial charge on any atom is 0.0588 e. The minimum atomic E-state index is -0.453. The van der Waals surface area contributed by atoms with E-state index in [9.17, 15) is 0 Å². The molecule has 0 saturated heterocycles. The zero-order valence-electron chi connectivity index (χ0n) is 7.98. The van der Waals surface area contributed by atoms with Gasteiger partial charge in [0, 0.05) is 20.6 Å². The molecule has 0 aliphatic rings. The van der Waals surface area contributed by atoms with Gasteiger partial charge in [0.15, 0.2) is 0 Å². The number of hydrogen-bond donors (Lipinski definition) is 0. The normalized spacial score (nSPS) is 12.0. The summed E-state index contributed by atoms with van der Waals surface area (Å²) in [6.45, 7) is 9.56. The lowest BCUT2D eigenvalue weighted by Gasteiger charge is -2.14. The van der Waals surface area contributed by atoms with Crippen molar-refractivity contribution in [1.29, 1.82) is 0 Å². The van der Waals surface area contributed by atoms with E-state index in [4.69, 9.17) is 0 Å². The van der Waals surface area contributed by atoms with E-state index in [2.05, 4.69) is 27.2 Å². The summed E-state index contributed by atoms with van der Waals surface area (Å²) in [6, 6.07) is 0. The van der Waals surface area contributed by atoms with Crippen molar-refractivity contribution < 1.29 is 0 Å². The molecule has 0 saturated carbocycles. The molecule has 0 N–H and O–H groups in total. The Morgan fingerprint density at radius 2 is 1.60 bits per heavy atom. The van der Waals surface area contributed by atoms with E-state index in [0.29, 0.717) is 0 Å². The van der Waals surface area contributed by atoms with Crippen LogP contribution < -0.4 is 0 Å². The second kappa shape index (κ2) is 5.13. The quantitative estimate of drug-likeness (QED) is 0.428. The van der Waals surface area contributed by atoms with Crippen LogP contribution in [0.3, 0.4) is 0 Å². The van der Waals surface area contributed by atoms with Crippen LogP contribution in [0.25, 0.3) is 0 Å². The molecular weight excluding hydrogens is 139 g/mol. The van der Waals surface area contributed by atoms with Crippen molar-refractivity contribution in [2.24, 2.45) is 0 Å². The smallest absolute Gasteiger partial charge is 0.0588 e. The Morgan fingerprint density at radius 3 is 2.00 bits per heavy atom. The summed E-state index contributed by atoms with van der Waals surface area (Å²) in [6.07, 6.45) is 7.20. The van der Waals surface area contributed by atoms with Crippen LogP contribution in [0, 0.1) is 0 Å². The maximum absolute atomic E-state index is 2.47. The molecule has 0 nitrogen and oxygen atoms in total. The second-order valence-electron chi connectivity index (χ2n) is 3.68. The minimum absolute atomic E-state index is 0.453. The van der Waals surface area contributed by atoms with Crippen molar-refractivity contribution in [2.45, 2.75) is 33.1 Å². The molecule has 0 aliphatic heterocycles. The zero-order valence-corrected chi connectivity index (χ0v) is 8.88. The van der Waals surface area contributed by atoms with E-state index >= 15 is 0 Å². The summed E-state index contributed by atoms with van der Waals surface area (Å²) in [4.78, 5) is 0. The molecule has 0 bridgehead atoms. The van der Waals surface area contributed by atoms with Gasteiger partial charge in [0.2, 0.25) is 0 Å². The summed E-state index contributed by atoms with van der Waals surface area (Å²) < 4.78 is 0.